The third-order valence-electron chi connectivity index (χ3n) is 3.35. The van der Waals surface area contributed by atoms with Crippen LogP contribution in [-0.2, 0) is 0 Å². The van der Waals surface area contributed by atoms with E-state index in [9.17, 15) is 0 Å². The molecule has 0 aromatic carbocycles. The molecule has 0 aromatic heterocycles. The number of unbranched alkanes of at least 4 members (excludes halogenated alkanes) is 5. The lowest BCUT2D eigenvalue weighted by Crippen LogP contribution is -2.28. The predicted octanol–water partition coefficient (Wildman–Crippen LogP) is 3.62. The van der Waals surface area contributed by atoms with Crippen molar-refractivity contribution in [2.75, 3.05) is 40.3 Å². The normalized spacial score (nSPS) is 11.6. The Labute approximate surface area is 109 Å². The van der Waals surface area contributed by atoms with Crippen LogP contribution < -0.4 is 0 Å². The van der Waals surface area contributed by atoms with E-state index >= 15 is 0 Å². The molecule has 0 rings (SSSR count). The molecular weight excluding hydrogens is 208 g/mol. The minimum absolute atomic E-state index is 1.21. The third kappa shape index (κ3) is 12.2. The van der Waals surface area contributed by atoms with Crippen LogP contribution in [-0.4, -0.2) is 50.1 Å². The molecule has 0 aromatic rings. The van der Waals surface area contributed by atoms with Gasteiger partial charge in [0, 0.05) is 0 Å². The molecule has 0 aliphatic rings. The van der Waals surface area contributed by atoms with Gasteiger partial charge in [0.15, 0.2) is 0 Å². The van der Waals surface area contributed by atoms with Gasteiger partial charge in [0.05, 0.1) is 0 Å². The van der Waals surface area contributed by atoms with Crippen LogP contribution in [0.5, 0.6) is 0 Å². The van der Waals surface area contributed by atoms with Crippen molar-refractivity contribution in [3.8, 4) is 0 Å². The van der Waals surface area contributed by atoms with Crippen LogP contribution >= 0.6 is 0 Å². The smallest absolute Gasteiger partial charge is 0.000667 e. The Morgan fingerprint density at radius 1 is 0.647 bits per heavy atom. The highest BCUT2D eigenvalue weighted by Crippen LogP contribution is 2.06. The highest BCUT2D eigenvalue weighted by molar-refractivity contribution is 4.57. The van der Waals surface area contributed by atoms with Gasteiger partial charge in [-0.15, -0.1) is 0 Å². The van der Waals surface area contributed by atoms with Gasteiger partial charge in [-0.3, -0.25) is 0 Å². The summed E-state index contributed by atoms with van der Waals surface area (Å²) in [5.74, 6) is 0. The Balaban J connectivity index is 3.35. The minimum Gasteiger partial charge on any atom is -0.309 e. The maximum Gasteiger partial charge on any atom is -0.000667 e. The fraction of sp³-hybridized carbons (Fsp3) is 1.00. The van der Waals surface area contributed by atoms with E-state index < -0.39 is 0 Å². The van der Waals surface area contributed by atoms with E-state index in [2.05, 4.69) is 37.7 Å². The lowest BCUT2D eigenvalue weighted by atomic mass is 10.1. The molecule has 104 valence electrons. The van der Waals surface area contributed by atoms with E-state index in [1.54, 1.807) is 0 Å². The Morgan fingerprint density at radius 2 is 1.24 bits per heavy atom. The Kier molecular flexibility index (Phi) is 12.3. The topological polar surface area (TPSA) is 6.48 Å². The molecule has 0 atom stereocenters. The summed E-state index contributed by atoms with van der Waals surface area (Å²) in [5, 5.41) is 0. The molecule has 17 heavy (non-hydrogen) atoms. The van der Waals surface area contributed by atoms with Crippen molar-refractivity contribution in [2.45, 2.75) is 58.8 Å². The molecule has 0 aliphatic heterocycles. The predicted molar refractivity (Wildman–Crippen MR) is 78.7 cm³/mol. The van der Waals surface area contributed by atoms with Gasteiger partial charge in [0.25, 0.3) is 0 Å². The number of nitrogens with zero attached hydrogens (tertiary/aromatic N) is 2. The second-order valence-corrected chi connectivity index (χ2v) is 5.36. The van der Waals surface area contributed by atoms with Gasteiger partial charge >= 0.3 is 0 Å². The Morgan fingerprint density at radius 3 is 1.82 bits per heavy atom. The van der Waals surface area contributed by atoms with Gasteiger partial charge in [0.1, 0.15) is 0 Å². The summed E-state index contributed by atoms with van der Waals surface area (Å²) < 4.78 is 0. The zero-order valence-corrected chi connectivity index (χ0v) is 12.7. The number of hydrogen-bond acceptors (Lipinski definition) is 2. The molecule has 0 saturated heterocycles. The molecule has 0 fully saturated rings. The fourth-order valence-electron chi connectivity index (χ4n) is 2.15. The summed E-state index contributed by atoms with van der Waals surface area (Å²) in [6.45, 7) is 9.56. The van der Waals surface area contributed by atoms with Crippen molar-refractivity contribution in [3.63, 3.8) is 0 Å². The lowest BCUT2D eigenvalue weighted by molar-refractivity contribution is 0.260. The average Bonchev–Trinajstić information content (AvgIpc) is 2.30. The summed E-state index contributed by atoms with van der Waals surface area (Å²) >= 11 is 0. The molecule has 0 radical (unpaired) electrons. The van der Waals surface area contributed by atoms with Crippen molar-refractivity contribution in [1.29, 1.82) is 0 Å². The molecule has 0 amide bonds. The first kappa shape index (κ1) is 16.9. The lowest BCUT2D eigenvalue weighted by Gasteiger charge is -2.21. The van der Waals surface area contributed by atoms with E-state index in [-0.39, 0.29) is 0 Å². The van der Waals surface area contributed by atoms with Gasteiger partial charge in [-0.25, -0.2) is 0 Å². The zero-order chi connectivity index (χ0) is 12.9. The largest absolute Gasteiger partial charge is 0.309 e. The first-order valence-electron chi connectivity index (χ1n) is 7.57. The highest BCUT2D eigenvalue weighted by Gasteiger charge is 2.02. The summed E-state index contributed by atoms with van der Waals surface area (Å²) in [7, 11) is 4.31. The summed E-state index contributed by atoms with van der Waals surface area (Å²) in [5.41, 5.74) is 0. The van der Waals surface area contributed by atoms with E-state index in [1.165, 1.54) is 71.1 Å². The van der Waals surface area contributed by atoms with Gasteiger partial charge in [-0.05, 0) is 53.1 Å². The van der Waals surface area contributed by atoms with E-state index in [0.29, 0.717) is 0 Å². The fourth-order valence-corrected chi connectivity index (χ4v) is 2.15. The molecule has 0 saturated carbocycles. The molecular formula is C15H34N2. The van der Waals surface area contributed by atoms with E-state index in [4.69, 9.17) is 0 Å². The van der Waals surface area contributed by atoms with E-state index in [1.807, 2.05) is 0 Å². The summed E-state index contributed by atoms with van der Waals surface area (Å²) in [4.78, 5) is 4.88. The molecule has 2 heteroatoms. The first-order valence-corrected chi connectivity index (χ1v) is 7.57. The maximum atomic E-state index is 2.60. The van der Waals surface area contributed by atoms with Crippen molar-refractivity contribution < 1.29 is 0 Å². The van der Waals surface area contributed by atoms with Crippen molar-refractivity contribution in [1.82, 2.24) is 9.80 Å². The van der Waals surface area contributed by atoms with Gasteiger partial charge in [-0.1, -0.05) is 46.0 Å². The minimum atomic E-state index is 1.21. The third-order valence-corrected chi connectivity index (χ3v) is 3.35. The zero-order valence-electron chi connectivity index (χ0n) is 12.7. The van der Waals surface area contributed by atoms with Crippen molar-refractivity contribution in [3.05, 3.63) is 0 Å². The molecule has 0 unspecified atom stereocenters. The summed E-state index contributed by atoms with van der Waals surface area (Å²) in [6.07, 6.45) is 9.75. The van der Waals surface area contributed by atoms with Crippen LogP contribution in [0.4, 0.5) is 0 Å². The average molecular weight is 242 g/mol. The molecule has 2 nitrogen and oxygen atoms in total. The van der Waals surface area contributed by atoms with E-state index in [0.717, 1.165) is 0 Å². The van der Waals surface area contributed by atoms with Crippen LogP contribution in [0.3, 0.4) is 0 Å². The second kappa shape index (κ2) is 12.4. The molecule has 0 bridgehead atoms. The first-order chi connectivity index (χ1) is 8.20. The molecule has 0 heterocycles. The second-order valence-electron chi connectivity index (χ2n) is 5.36. The summed E-state index contributed by atoms with van der Waals surface area (Å²) in [6, 6.07) is 0. The molecule has 0 aliphatic carbocycles. The molecule has 0 N–H and O–H groups in total. The van der Waals surface area contributed by atoms with Crippen LogP contribution in [0.2, 0.25) is 0 Å². The Hall–Kier alpha value is -0.0800. The number of rotatable bonds is 12. The van der Waals surface area contributed by atoms with Gasteiger partial charge in [0.2, 0.25) is 0 Å². The van der Waals surface area contributed by atoms with Gasteiger partial charge in [-0.2, -0.15) is 0 Å². The quantitative estimate of drug-likeness (QED) is 0.482. The van der Waals surface area contributed by atoms with Crippen LogP contribution in [0.1, 0.15) is 58.8 Å². The standard InChI is InChI=1S/C15H34N2/c1-5-7-8-9-10-11-14-17(6-2)15-12-13-16(3)4/h5-15H2,1-4H3. The number of hydrogen-bond donors (Lipinski definition) is 0. The Bertz CT molecular complexity index is 146. The SMILES string of the molecule is CCCCCCCCN(CC)CCCN(C)C. The maximum absolute atomic E-state index is 2.60. The van der Waals surface area contributed by atoms with Crippen molar-refractivity contribution >= 4 is 0 Å². The highest BCUT2D eigenvalue weighted by atomic mass is 15.1. The van der Waals surface area contributed by atoms with Crippen LogP contribution in [0.25, 0.3) is 0 Å². The van der Waals surface area contributed by atoms with Crippen molar-refractivity contribution in [2.24, 2.45) is 0 Å². The van der Waals surface area contributed by atoms with Crippen LogP contribution in [0, 0.1) is 0 Å². The monoisotopic (exact) mass is 242 g/mol. The van der Waals surface area contributed by atoms with Gasteiger partial charge < -0.3 is 9.80 Å². The van der Waals surface area contributed by atoms with Crippen LogP contribution in [0.15, 0.2) is 0 Å². The molecule has 0 spiro atoms.